The summed E-state index contributed by atoms with van der Waals surface area (Å²) in [5, 5.41) is 0.868. The predicted molar refractivity (Wildman–Crippen MR) is 52.9 cm³/mol. The van der Waals surface area contributed by atoms with E-state index in [4.69, 9.17) is 11.6 Å². The van der Waals surface area contributed by atoms with Gasteiger partial charge in [-0.3, -0.25) is 0 Å². The number of aromatic nitrogens is 1. The van der Waals surface area contributed by atoms with E-state index in [1.807, 2.05) is 11.5 Å². The Balaban J connectivity index is 3.17. The Hall–Kier alpha value is 0.300. The van der Waals surface area contributed by atoms with Gasteiger partial charge in [0.1, 0.15) is 5.15 Å². The highest BCUT2D eigenvalue weighted by molar-refractivity contribution is 14.1. The Morgan fingerprint density at radius 3 is 2.40 bits per heavy atom. The van der Waals surface area contributed by atoms with Gasteiger partial charge < -0.3 is 4.57 Å². The van der Waals surface area contributed by atoms with Crippen LogP contribution in [-0.4, -0.2) is 4.57 Å². The van der Waals surface area contributed by atoms with Crippen LogP contribution in [0.3, 0.4) is 0 Å². The van der Waals surface area contributed by atoms with E-state index < -0.39 is 0 Å². The first kappa shape index (κ1) is 8.40. The molecule has 0 saturated carbocycles. The van der Waals surface area contributed by atoms with E-state index in [9.17, 15) is 0 Å². The summed E-state index contributed by atoms with van der Waals surface area (Å²) in [5.41, 5.74) is 2.46. The zero-order valence-electron chi connectivity index (χ0n) is 5.99. The van der Waals surface area contributed by atoms with E-state index in [2.05, 4.69) is 35.7 Å². The number of hydrogen-bond donors (Lipinski definition) is 0. The van der Waals surface area contributed by atoms with Gasteiger partial charge in [0.05, 0.1) is 4.55 Å². The van der Waals surface area contributed by atoms with Gasteiger partial charge in [0.2, 0.25) is 0 Å². The summed E-state index contributed by atoms with van der Waals surface area (Å²) >= 11 is 8.26. The third-order valence-corrected chi connectivity index (χ3v) is 2.87. The van der Waals surface area contributed by atoms with Gasteiger partial charge in [0, 0.05) is 6.20 Å². The summed E-state index contributed by atoms with van der Waals surface area (Å²) < 4.78 is 2.96. The van der Waals surface area contributed by atoms with Gasteiger partial charge in [-0.25, -0.2) is 0 Å². The molecule has 10 heavy (non-hydrogen) atoms. The maximum atomic E-state index is 5.97. The van der Waals surface area contributed by atoms with E-state index in [0.29, 0.717) is 0 Å². The van der Waals surface area contributed by atoms with Crippen LogP contribution in [-0.2, 0) is 4.55 Å². The molecule has 0 fully saturated rings. The lowest BCUT2D eigenvalue weighted by atomic mass is 10.2. The number of rotatable bonds is 1. The first-order valence-electron chi connectivity index (χ1n) is 3.04. The van der Waals surface area contributed by atoms with Crippen molar-refractivity contribution in [3.63, 3.8) is 0 Å². The molecule has 1 heterocycles. The van der Waals surface area contributed by atoms with Gasteiger partial charge in [-0.05, 0) is 25.0 Å². The minimum Gasteiger partial charge on any atom is -0.329 e. The molecule has 1 nitrogen and oxygen atoms in total. The van der Waals surface area contributed by atoms with Gasteiger partial charge in [-0.15, -0.1) is 0 Å². The Morgan fingerprint density at radius 2 is 2.20 bits per heavy atom. The smallest absolute Gasteiger partial charge is 0.112 e. The van der Waals surface area contributed by atoms with Crippen molar-refractivity contribution in [2.45, 2.75) is 18.4 Å². The molecular formula is C7H9ClIN. The summed E-state index contributed by atoms with van der Waals surface area (Å²) in [5.74, 6) is 0. The molecule has 0 aliphatic heterocycles. The standard InChI is InChI=1S/C7H9ClIN/c1-5-3-10(4-9)7(8)6(5)2/h3H,4H2,1-2H3. The molecule has 0 aromatic carbocycles. The number of halogens is 2. The fraction of sp³-hybridized carbons (Fsp3) is 0.429. The van der Waals surface area contributed by atoms with Crippen molar-refractivity contribution in [2.75, 3.05) is 0 Å². The molecule has 0 bridgehead atoms. The number of nitrogens with zero attached hydrogens (tertiary/aromatic N) is 1. The van der Waals surface area contributed by atoms with E-state index >= 15 is 0 Å². The van der Waals surface area contributed by atoms with E-state index in [1.54, 1.807) is 0 Å². The van der Waals surface area contributed by atoms with Gasteiger partial charge in [0.15, 0.2) is 0 Å². The van der Waals surface area contributed by atoms with Crippen molar-refractivity contribution in [1.29, 1.82) is 0 Å². The maximum absolute atomic E-state index is 5.97. The fourth-order valence-electron chi connectivity index (χ4n) is 0.852. The van der Waals surface area contributed by atoms with Crippen LogP contribution >= 0.6 is 34.2 Å². The summed E-state index contributed by atoms with van der Waals surface area (Å²) in [6.45, 7) is 4.12. The molecular weight excluding hydrogens is 260 g/mol. The van der Waals surface area contributed by atoms with Crippen LogP contribution in [0.4, 0.5) is 0 Å². The van der Waals surface area contributed by atoms with Crippen LogP contribution in [0.15, 0.2) is 6.20 Å². The molecule has 0 amide bonds. The minimum absolute atomic E-state index is 0.868. The van der Waals surface area contributed by atoms with Crippen molar-refractivity contribution in [1.82, 2.24) is 4.57 Å². The van der Waals surface area contributed by atoms with E-state index in [1.165, 1.54) is 11.1 Å². The molecule has 3 heteroatoms. The molecule has 1 aromatic rings. The number of alkyl halides is 1. The molecule has 0 aliphatic rings. The van der Waals surface area contributed by atoms with Crippen molar-refractivity contribution in [3.8, 4) is 0 Å². The average Bonchev–Trinajstić information content (AvgIpc) is 2.17. The fourth-order valence-corrected chi connectivity index (χ4v) is 1.85. The largest absolute Gasteiger partial charge is 0.329 e. The van der Waals surface area contributed by atoms with Crippen LogP contribution in [0, 0.1) is 13.8 Å². The Morgan fingerprint density at radius 1 is 1.60 bits per heavy atom. The molecule has 0 aliphatic carbocycles. The quantitative estimate of drug-likeness (QED) is 0.545. The first-order valence-corrected chi connectivity index (χ1v) is 4.95. The van der Waals surface area contributed by atoms with Crippen molar-refractivity contribution in [2.24, 2.45) is 0 Å². The molecule has 1 aromatic heterocycles. The number of hydrogen-bond acceptors (Lipinski definition) is 0. The maximum Gasteiger partial charge on any atom is 0.112 e. The summed E-state index contributed by atoms with van der Waals surface area (Å²) in [4.78, 5) is 0. The highest BCUT2D eigenvalue weighted by atomic mass is 127. The van der Waals surface area contributed by atoms with Gasteiger partial charge >= 0.3 is 0 Å². The van der Waals surface area contributed by atoms with Crippen LogP contribution in [0.1, 0.15) is 11.1 Å². The van der Waals surface area contributed by atoms with E-state index in [-0.39, 0.29) is 0 Å². The number of aryl methyl sites for hydroxylation is 1. The lowest BCUT2D eigenvalue weighted by Gasteiger charge is -1.95. The predicted octanol–water partition coefficient (Wildman–Crippen LogP) is 3.15. The van der Waals surface area contributed by atoms with E-state index in [0.717, 1.165) is 9.70 Å². The highest BCUT2D eigenvalue weighted by Gasteiger charge is 2.04. The van der Waals surface area contributed by atoms with Crippen molar-refractivity contribution >= 4 is 34.2 Å². The molecule has 0 atom stereocenters. The Labute approximate surface area is 79.5 Å². The second-order valence-electron chi connectivity index (χ2n) is 2.32. The normalized spacial score (nSPS) is 10.4. The first-order chi connectivity index (χ1) is 4.66. The van der Waals surface area contributed by atoms with Gasteiger partial charge in [-0.2, -0.15) is 0 Å². The lowest BCUT2D eigenvalue weighted by molar-refractivity contribution is 0.923. The third kappa shape index (κ3) is 1.32. The van der Waals surface area contributed by atoms with Crippen LogP contribution < -0.4 is 0 Å². The lowest BCUT2D eigenvalue weighted by Crippen LogP contribution is -1.87. The summed E-state index contributed by atoms with van der Waals surface area (Å²) in [6.07, 6.45) is 2.07. The SMILES string of the molecule is Cc1cn(CI)c(Cl)c1C. The molecule has 0 saturated heterocycles. The van der Waals surface area contributed by atoms with Crippen LogP contribution in [0.25, 0.3) is 0 Å². The van der Waals surface area contributed by atoms with Crippen molar-refractivity contribution in [3.05, 3.63) is 22.5 Å². The topological polar surface area (TPSA) is 4.93 Å². The molecule has 0 radical (unpaired) electrons. The average molecular weight is 270 g/mol. The molecule has 1 rings (SSSR count). The Kier molecular flexibility index (Phi) is 2.63. The summed E-state index contributed by atoms with van der Waals surface area (Å²) in [6, 6.07) is 0. The zero-order valence-corrected chi connectivity index (χ0v) is 8.90. The monoisotopic (exact) mass is 269 g/mol. The second-order valence-corrected chi connectivity index (χ2v) is 3.36. The Bertz CT molecular complexity index is 242. The summed E-state index contributed by atoms with van der Waals surface area (Å²) in [7, 11) is 0. The third-order valence-electron chi connectivity index (χ3n) is 1.63. The molecule has 0 unspecified atom stereocenters. The molecule has 0 N–H and O–H groups in total. The van der Waals surface area contributed by atoms with Gasteiger partial charge in [0.25, 0.3) is 0 Å². The van der Waals surface area contributed by atoms with Gasteiger partial charge in [-0.1, -0.05) is 34.2 Å². The van der Waals surface area contributed by atoms with Crippen molar-refractivity contribution < 1.29 is 0 Å². The molecule has 56 valence electrons. The highest BCUT2D eigenvalue weighted by Crippen LogP contribution is 2.21. The minimum atomic E-state index is 0.868. The molecule has 0 spiro atoms. The van der Waals surface area contributed by atoms with Crippen LogP contribution in [0.2, 0.25) is 5.15 Å². The van der Waals surface area contributed by atoms with Crippen LogP contribution in [0.5, 0.6) is 0 Å². The zero-order chi connectivity index (χ0) is 7.72. The second kappa shape index (κ2) is 3.13.